The standard InChI is InChI=1S/C36H23N3S/c1-2-11-23-21-32-29(20-22(23)10-1)24-12-4-7-18-31(24)39(32)36-27-14-3-6-17-30(27)37-35(38-36)28-16-9-15-26-25-13-5-8-19-33(25)40-34(26)28/h1-21,30H,(H,37,38). The fourth-order valence-corrected chi connectivity index (χ4v) is 7.58. The number of para-hydroxylation sites is 1. The van der Waals surface area contributed by atoms with Gasteiger partial charge in [-0.3, -0.25) is 4.57 Å². The SMILES string of the molecule is C1=CC2=C(n3c4ccccc4c4cc5ccccc5cc43)N=C(c3cccc4c3sc3ccccc34)NC2C=C1. The molecule has 0 saturated heterocycles. The number of thiophene rings is 1. The minimum Gasteiger partial charge on any atom is -0.359 e. The average Bonchev–Trinajstić information content (AvgIpc) is 3.55. The Balaban J connectivity index is 1.36. The molecule has 0 bridgehead atoms. The summed E-state index contributed by atoms with van der Waals surface area (Å²) in [5.41, 5.74) is 4.66. The topological polar surface area (TPSA) is 29.3 Å². The molecule has 4 heteroatoms. The summed E-state index contributed by atoms with van der Waals surface area (Å²) < 4.78 is 4.93. The molecule has 40 heavy (non-hydrogen) atoms. The summed E-state index contributed by atoms with van der Waals surface area (Å²) in [6, 6.07) is 37.2. The van der Waals surface area contributed by atoms with Crippen molar-refractivity contribution in [1.29, 1.82) is 0 Å². The first kappa shape index (κ1) is 21.9. The summed E-state index contributed by atoms with van der Waals surface area (Å²) in [6.45, 7) is 0. The number of benzene rings is 5. The third kappa shape index (κ3) is 3.08. The van der Waals surface area contributed by atoms with Crippen molar-refractivity contribution in [1.82, 2.24) is 9.88 Å². The van der Waals surface area contributed by atoms with Crippen LogP contribution in [0.5, 0.6) is 0 Å². The molecule has 9 rings (SSSR count). The molecule has 2 aromatic heterocycles. The van der Waals surface area contributed by atoms with Crippen molar-refractivity contribution in [2.45, 2.75) is 6.04 Å². The van der Waals surface area contributed by atoms with E-state index < -0.39 is 0 Å². The van der Waals surface area contributed by atoms with Crippen molar-refractivity contribution in [3.63, 3.8) is 0 Å². The molecule has 5 aromatic carbocycles. The largest absolute Gasteiger partial charge is 0.359 e. The number of nitrogens with zero attached hydrogens (tertiary/aromatic N) is 2. The lowest BCUT2D eigenvalue weighted by Gasteiger charge is -2.28. The van der Waals surface area contributed by atoms with Gasteiger partial charge in [-0.1, -0.05) is 97.1 Å². The van der Waals surface area contributed by atoms with Crippen LogP contribution in [-0.2, 0) is 0 Å². The predicted octanol–water partition coefficient (Wildman–Crippen LogP) is 9.03. The Bertz CT molecular complexity index is 2310. The summed E-state index contributed by atoms with van der Waals surface area (Å²) in [6.07, 6.45) is 8.68. The van der Waals surface area contributed by atoms with Gasteiger partial charge in [0.15, 0.2) is 0 Å². The van der Waals surface area contributed by atoms with Gasteiger partial charge in [0.05, 0.1) is 17.1 Å². The Morgan fingerprint density at radius 3 is 2.38 bits per heavy atom. The lowest BCUT2D eigenvalue weighted by molar-refractivity contribution is 0.818. The molecule has 1 aliphatic carbocycles. The van der Waals surface area contributed by atoms with Crippen LogP contribution in [0.25, 0.3) is 58.6 Å². The monoisotopic (exact) mass is 529 g/mol. The smallest absolute Gasteiger partial charge is 0.145 e. The van der Waals surface area contributed by atoms with E-state index in [4.69, 9.17) is 4.99 Å². The van der Waals surface area contributed by atoms with Crippen LogP contribution in [0.4, 0.5) is 0 Å². The van der Waals surface area contributed by atoms with E-state index in [1.807, 2.05) is 11.3 Å². The fraction of sp³-hybridized carbons (Fsp3) is 0.0278. The second kappa shape index (κ2) is 8.28. The summed E-state index contributed by atoms with van der Waals surface area (Å²) in [5, 5.41) is 11.3. The minimum absolute atomic E-state index is 0.0359. The van der Waals surface area contributed by atoms with Gasteiger partial charge in [-0.05, 0) is 41.1 Å². The van der Waals surface area contributed by atoms with Crippen LogP contribution in [0.15, 0.2) is 138 Å². The van der Waals surface area contributed by atoms with Gasteiger partial charge < -0.3 is 5.32 Å². The molecule has 3 nitrogen and oxygen atoms in total. The maximum atomic E-state index is 5.45. The predicted molar refractivity (Wildman–Crippen MR) is 171 cm³/mol. The fourth-order valence-electron chi connectivity index (χ4n) is 6.37. The number of aliphatic imine (C=N–C) groups is 1. The molecule has 0 amide bonds. The van der Waals surface area contributed by atoms with Crippen LogP contribution in [0, 0.1) is 0 Å². The zero-order valence-corrected chi connectivity index (χ0v) is 22.3. The molecule has 2 aliphatic rings. The average molecular weight is 530 g/mol. The first-order valence-electron chi connectivity index (χ1n) is 13.6. The number of hydrogen-bond donors (Lipinski definition) is 1. The third-order valence-electron chi connectivity index (χ3n) is 8.20. The summed E-state index contributed by atoms with van der Waals surface area (Å²) in [7, 11) is 0. The van der Waals surface area contributed by atoms with Gasteiger partial charge in [-0.15, -0.1) is 11.3 Å². The number of amidine groups is 1. The van der Waals surface area contributed by atoms with Crippen molar-refractivity contribution in [3.05, 3.63) is 139 Å². The molecule has 1 aliphatic heterocycles. The molecule has 1 unspecified atom stereocenters. The number of hydrogen-bond acceptors (Lipinski definition) is 3. The highest BCUT2D eigenvalue weighted by Crippen LogP contribution is 2.40. The molecule has 0 fully saturated rings. The molecule has 0 saturated carbocycles. The van der Waals surface area contributed by atoms with Crippen molar-refractivity contribution < 1.29 is 0 Å². The van der Waals surface area contributed by atoms with Crippen molar-refractivity contribution in [3.8, 4) is 0 Å². The van der Waals surface area contributed by atoms with Crippen LogP contribution < -0.4 is 5.32 Å². The van der Waals surface area contributed by atoms with Gasteiger partial charge in [0.2, 0.25) is 0 Å². The Morgan fingerprint density at radius 2 is 1.45 bits per heavy atom. The van der Waals surface area contributed by atoms with Crippen LogP contribution in [0.3, 0.4) is 0 Å². The van der Waals surface area contributed by atoms with Crippen LogP contribution in [0.1, 0.15) is 5.56 Å². The van der Waals surface area contributed by atoms with Crippen LogP contribution in [-0.4, -0.2) is 16.4 Å². The zero-order chi connectivity index (χ0) is 26.2. The van der Waals surface area contributed by atoms with Gasteiger partial charge >= 0.3 is 0 Å². The van der Waals surface area contributed by atoms with Gasteiger partial charge in [-0.25, -0.2) is 4.99 Å². The van der Waals surface area contributed by atoms with E-state index in [0.29, 0.717) is 0 Å². The quantitative estimate of drug-likeness (QED) is 0.238. The zero-order valence-electron chi connectivity index (χ0n) is 21.5. The van der Waals surface area contributed by atoms with E-state index in [1.54, 1.807) is 0 Å². The maximum Gasteiger partial charge on any atom is 0.145 e. The van der Waals surface area contributed by atoms with Crippen LogP contribution >= 0.6 is 11.3 Å². The first-order valence-corrected chi connectivity index (χ1v) is 14.4. The van der Waals surface area contributed by atoms with E-state index in [-0.39, 0.29) is 6.04 Å². The van der Waals surface area contributed by atoms with E-state index >= 15 is 0 Å². The highest BCUT2D eigenvalue weighted by Gasteiger charge is 2.27. The molecule has 7 aromatic rings. The van der Waals surface area contributed by atoms with Crippen molar-refractivity contribution in [2.24, 2.45) is 4.99 Å². The Morgan fingerprint density at radius 1 is 0.675 bits per heavy atom. The molecule has 3 heterocycles. The Labute approximate surface area is 234 Å². The Kier molecular flexibility index (Phi) is 4.54. The first-order chi connectivity index (χ1) is 19.8. The van der Waals surface area contributed by atoms with E-state index in [0.717, 1.165) is 17.2 Å². The molecule has 0 spiro atoms. The molecular weight excluding hydrogens is 506 g/mol. The summed E-state index contributed by atoms with van der Waals surface area (Å²) in [5.74, 6) is 1.88. The summed E-state index contributed by atoms with van der Waals surface area (Å²) in [4.78, 5) is 5.45. The highest BCUT2D eigenvalue weighted by atomic mass is 32.1. The number of allylic oxidation sites excluding steroid dienone is 2. The molecule has 0 radical (unpaired) electrons. The van der Waals surface area contributed by atoms with Gasteiger partial charge in [0, 0.05) is 42.1 Å². The molecule has 188 valence electrons. The molecule has 1 atom stereocenters. The van der Waals surface area contributed by atoms with E-state index in [2.05, 4.69) is 137 Å². The second-order valence-electron chi connectivity index (χ2n) is 10.5. The Hall–Kier alpha value is -4.93. The van der Waals surface area contributed by atoms with Gasteiger partial charge in [-0.2, -0.15) is 0 Å². The molecular formula is C36H23N3S. The third-order valence-corrected chi connectivity index (χ3v) is 9.42. The number of nitrogens with one attached hydrogen (secondary N) is 1. The van der Waals surface area contributed by atoms with E-state index in [9.17, 15) is 0 Å². The van der Waals surface area contributed by atoms with Gasteiger partial charge in [0.25, 0.3) is 0 Å². The lowest BCUT2D eigenvalue weighted by atomic mass is 9.98. The van der Waals surface area contributed by atoms with Crippen molar-refractivity contribution >= 4 is 75.7 Å². The van der Waals surface area contributed by atoms with E-state index in [1.165, 1.54) is 58.3 Å². The lowest BCUT2D eigenvalue weighted by Crippen LogP contribution is -2.39. The van der Waals surface area contributed by atoms with Crippen molar-refractivity contribution in [2.75, 3.05) is 0 Å². The number of aromatic nitrogens is 1. The summed E-state index contributed by atoms with van der Waals surface area (Å²) >= 11 is 1.84. The van der Waals surface area contributed by atoms with Gasteiger partial charge in [0.1, 0.15) is 11.7 Å². The van der Waals surface area contributed by atoms with Crippen LogP contribution in [0.2, 0.25) is 0 Å². The second-order valence-corrected chi connectivity index (χ2v) is 11.5. The highest BCUT2D eigenvalue weighted by molar-refractivity contribution is 7.26. The minimum atomic E-state index is 0.0359. The number of fused-ring (bicyclic) bond motifs is 8. The maximum absolute atomic E-state index is 5.45. The molecule has 1 N–H and O–H groups in total. The normalized spacial score (nSPS) is 16.8. The number of rotatable bonds is 2.